The van der Waals surface area contributed by atoms with E-state index >= 15 is 0 Å². The highest BCUT2D eigenvalue weighted by Gasteiger charge is 2.26. The first-order valence-corrected chi connectivity index (χ1v) is 11.4. The number of carbonyl (C=O) groups is 1. The van der Waals surface area contributed by atoms with Crippen molar-refractivity contribution in [2.75, 3.05) is 13.0 Å². The van der Waals surface area contributed by atoms with Gasteiger partial charge in [-0.15, -0.1) is 0 Å². The molecule has 0 aliphatic carbocycles. The molecule has 0 radical (unpaired) electrons. The fourth-order valence-corrected chi connectivity index (χ4v) is 4.21. The first-order chi connectivity index (χ1) is 16.4. The van der Waals surface area contributed by atoms with Crippen LogP contribution in [0.3, 0.4) is 0 Å². The van der Waals surface area contributed by atoms with Gasteiger partial charge >= 0.3 is 0 Å². The zero-order valence-corrected chi connectivity index (χ0v) is 19.9. The van der Waals surface area contributed by atoms with Gasteiger partial charge in [-0.05, 0) is 49.6 Å². The molecule has 5 nitrogen and oxygen atoms in total. The van der Waals surface area contributed by atoms with E-state index in [2.05, 4.69) is 26.5 Å². The molecule has 3 aromatic rings. The van der Waals surface area contributed by atoms with Gasteiger partial charge in [0.25, 0.3) is 5.91 Å². The Hall–Kier alpha value is -1.86. The number of nitrogens with one attached hydrogen (secondary N) is 1. The third kappa shape index (κ3) is 4.82. The molecule has 1 aromatic heterocycles. The fourth-order valence-electron chi connectivity index (χ4n) is 3.46. The number of carbonyl (C=O) groups excluding carboxylic acids is 1. The van der Waals surface area contributed by atoms with Crippen molar-refractivity contribution >= 4 is 45.0 Å². The molecule has 162 valence electrons. The van der Waals surface area contributed by atoms with Gasteiger partial charge in [-0.3, -0.25) is 10.2 Å². The molecular weight excluding hydrogens is 499 g/mol. The first-order valence-electron chi connectivity index (χ1n) is 11.9. The van der Waals surface area contributed by atoms with Crippen LogP contribution in [-0.2, 0) is 6.42 Å². The normalized spacial score (nSPS) is 19.7. The van der Waals surface area contributed by atoms with Crippen LogP contribution in [-0.4, -0.2) is 33.7 Å². The molecule has 1 N–H and O–H groups in total. The van der Waals surface area contributed by atoms with Crippen molar-refractivity contribution in [1.29, 1.82) is 0 Å². The molecule has 1 aliphatic rings. The first kappa shape index (κ1) is 17.7. The minimum absolute atomic E-state index is 0.0635. The van der Waals surface area contributed by atoms with E-state index in [1.165, 1.54) is 0 Å². The van der Waals surface area contributed by atoms with Gasteiger partial charge in [-0.2, -0.15) is 5.10 Å². The fraction of sp³-hybridized carbons (Fsp3) is 0.304. The number of hydrazine groups is 1. The van der Waals surface area contributed by atoms with E-state index < -0.39 is 18.9 Å². The summed E-state index contributed by atoms with van der Waals surface area (Å²) in [7, 11) is 0. The SMILES string of the molecule is [2H]C1([2H])CCCC([2H])([2H])N1NC(=O)c1nn(-c2ccc(Cl)cc2Cl)c(-c2ccc(Br)cc2)c1CC. The number of piperidine rings is 1. The highest BCUT2D eigenvalue weighted by atomic mass is 79.9. The smallest absolute Gasteiger partial charge is 0.283 e. The van der Waals surface area contributed by atoms with Crippen molar-refractivity contribution in [3.8, 4) is 16.9 Å². The predicted molar refractivity (Wildman–Crippen MR) is 129 cm³/mol. The van der Waals surface area contributed by atoms with Gasteiger partial charge in [0.1, 0.15) is 0 Å². The lowest BCUT2D eigenvalue weighted by Gasteiger charge is -2.26. The monoisotopic (exact) mass is 524 g/mol. The van der Waals surface area contributed by atoms with Gasteiger partial charge in [0.15, 0.2) is 5.69 Å². The molecule has 2 aromatic carbocycles. The summed E-state index contributed by atoms with van der Waals surface area (Å²) in [5, 5.41) is 6.17. The lowest BCUT2D eigenvalue weighted by molar-refractivity contribution is 0.0743. The van der Waals surface area contributed by atoms with E-state index in [-0.39, 0.29) is 18.5 Å². The van der Waals surface area contributed by atoms with Crippen LogP contribution in [0.5, 0.6) is 0 Å². The number of benzene rings is 2. The molecule has 1 fully saturated rings. The van der Waals surface area contributed by atoms with E-state index in [0.717, 1.165) is 15.0 Å². The van der Waals surface area contributed by atoms with Crippen molar-refractivity contribution in [3.05, 3.63) is 68.2 Å². The number of halogens is 3. The van der Waals surface area contributed by atoms with Crippen LogP contribution in [0, 0.1) is 0 Å². The minimum Gasteiger partial charge on any atom is -0.283 e. The summed E-state index contributed by atoms with van der Waals surface area (Å²) in [5.74, 6) is -0.696. The number of hydrogen-bond acceptors (Lipinski definition) is 3. The zero-order chi connectivity index (χ0) is 25.5. The Morgan fingerprint density at radius 1 is 1.16 bits per heavy atom. The lowest BCUT2D eigenvalue weighted by atomic mass is 10.0. The Bertz CT molecular complexity index is 1250. The van der Waals surface area contributed by atoms with Crippen LogP contribution in [0.1, 0.15) is 47.7 Å². The molecule has 1 amide bonds. The summed E-state index contributed by atoms with van der Waals surface area (Å²) >= 11 is 16.0. The standard InChI is InChI=1S/C23H23BrCl2N4O/c1-2-18-21(23(31)28-29-12-4-3-5-13-29)27-30(20-11-10-17(25)14-19(20)26)22(18)15-6-8-16(24)9-7-15/h6-11,14H,2-5,12-13H2,1H3,(H,28,31)/i12D2,13D2. The average molecular weight is 526 g/mol. The molecule has 31 heavy (non-hydrogen) atoms. The van der Waals surface area contributed by atoms with Gasteiger partial charge < -0.3 is 0 Å². The Kier molecular flexibility index (Phi) is 5.55. The molecular formula is C23H23BrCl2N4O. The Labute approximate surface area is 206 Å². The molecule has 8 heteroatoms. The predicted octanol–water partition coefficient (Wildman–Crippen LogP) is 6.30. The minimum atomic E-state index is -2.04. The Balaban J connectivity index is 1.86. The van der Waals surface area contributed by atoms with Gasteiger partial charge in [0.05, 0.1) is 16.4 Å². The highest BCUT2D eigenvalue weighted by Crippen LogP contribution is 2.34. The van der Waals surface area contributed by atoms with E-state index in [9.17, 15) is 4.79 Å². The summed E-state index contributed by atoms with van der Waals surface area (Å²) < 4.78 is 35.5. The summed E-state index contributed by atoms with van der Waals surface area (Å²) in [6.07, 6.45) is 1.03. The van der Waals surface area contributed by atoms with Gasteiger partial charge in [0.2, 0.25) is 0 Å². The Morgan fingerprint density at radius 2 is 1.87 bits per heavy atom. The average Bonchev–Trinajstić information content (AvgIpc) is 3.16. The van der Waals surface area contributed by atoms with E-state index in [0.29, 0.717) is 39.8 Å². The maximum absolute atomic E-state index is 13.5. The maximum Gasteiger partial charge on any atom is 0.286 e. The van der Waals surface area contributed by atoms with Crippen molar-refractivity contribution < 1.29 is 10.3 Å². The number of nitrogens with zero attached hydrogens (tertiary/aromatic N) is 3. The molecule has 0 bridgehead atoms. The van der Waals surface area contributed by atoms with Gasteiger partial charge in [-0.25, -0.2) is 9.69 Å². The second-order valence-electron chi connectivity index (χ2n) is 6.99. The molecule has 1 saturated heterocycles. The van der Waals surface area contributed by atoms with E-state index in [1.54, 1.807) is 22.9 Å². The highest BCUT2D eigenvalue weighted by molar-refractivity contribution is 9.10. The molecule has 4 rings (SSSR count). The summed E-state index contributed by atoms with van der Waals surface area (Å²) in [6.45, 7) is -2.19. The maximum atomic E-state index is 13.5. The van der Waals surface area contributed by atoms with Crippen molar-refractivity contribution in [2.24, 2.45) is 0 Å². The second-order valence-corrected chi connectivity index (χ2v) is 8.75. The third-order valence-corrected chi connectivity index (χ3v) is 5.98. The van der Waals surface area contributed by atoms with Crippen LogP contribution in [0.2, 0.25) is 10.0 Å². The number of amides is 1. The zero-order valence-electron chi connectivity index (χ0n) is 20.8. The van der Waals surface area contributed by atoms with Gasteiger partial charge in [-0.1, -0.05) is 64.6 Å². The van der Waals surface area contributed by atoms with Crippen molar-refractivity contribution in [3.63, 3.8) is 0 Å². The summed E-state index contributed by atoms with van der Waals surface area (Å²) in [6, 6.07) is 12.5. The summed E-state index contributed by atoms with van der Waals surface area (Å²) in [4.78, 5) is 13.5. The van der Waals surface area contributed by atoms with Crippen molar-refractivity contribution in [1.82, 2.24) is 20.2 Å². The van der Waals surface area contributed by atoms with Crippen LogP contribution in [0.4, 0.5) is 0 Å². The molecule has 0 spiro atoms. The quantitative estimate of drug-likeness (QED) is 0.425. The molecule has 0 saturated carbocycles. The third-order valence-electron chi connectivity index (χ3n) is 4.91. The number of rotatable bonds is 5. The molecule has 0 unspecified atom stereocenters. The largest absolute Gasteiger partial charge is 0.286 e. The van der Waals surface area contributed by atoms with Crippen LogP contribution < -0.4 is 5.43 Å². The summed E-state index contributed by atoms with van der Waals surface area (Å²) in [5.41, 5.74) is 5.13. The van der Waals surface area contributed by atoms with E-state index in [4.69, 9.17) is 28.7 Å². The van der Waals surface area contributed by atoms with Crippen LogP contribution in [0.25, 0.3) is 16.9 Å². The number of aromatic nitrogens is 2. The molecule has 1 aliphatic heterocycles. The Morgan fingerprint density at radius 3 is 2.52 bits per heavy atom. The topological polar surface area (TPSA) is 50.2 Å². The number of hydrogen-bond donors (Lipinski definition) is 1. The second kappa shape index (κ2) is 9.74. The lowest BCUT2D eigenvalue weighted by Crippen LogP contribution is -2.45. The van der Waals surface area contributed by atoms with Crippen LogP contribution in [0.15, 0.2) is 46.9 Å². The molecule has 2 heterocycles. The van der Waals surface area contributed by atoms with E-state index in [1.807, 2.05) is 31.2 Å². The molecule has 0 atom stereocenters. The van der Waals surface area contributed by atoms with Crippen LogP contribution >= 0.6 is 39.1 Å². The van der Waals surface area contributed by atoms with Crippen molar-refractivity contribution in [2.45, 2.75) is 32.6 Å². The van der Waals surface area contributed by atoms with Gasteiger partial charge in [0, 0.05) is 39.1 Å².